The van der Waals surface area contributed by atoms with Crippen molar-refractivity contribution in [2.75, 3.05) is 6.61 Å². The number of nitrogens with one attached hydrogen (secondary N) is 1. The summed E-state index contributed by atoms with van der Waals surface area (Å²) in [6.07, 6.45) is -0.0713. The van der Waals surface area contributed by atoms with E-state index < -0.39 is 11.8 Å². The summed E-state index contributed by atoms with van der Waals surface area (Å²) in [5.41, 5.74) is -1.11. The Morgan fingerprint density at radius 3 is 2.89 bits per heavy atom. The Bertz CT molecular complexity index is 136. The zero-order chi connectivity index (χ0) is 6.91. The highest BCUT2D eigenvalue weighted by molar-refractivity contribution is 5.70. The number of rotatable bonds is 1. The molecule has 1 heterocycles. The number of carbonyl (C=O) groups excluding carboxylic acids is 1. The summed E-state index contributed by atoms with van der Waals surface area (Å²) in [5, 5.41) is 11.5. The number of hydrogen-bond donors (Lipinski definition) is 2. The maximum Gasteiger partial charge on any atom is 0.409 e. The lowest BCUT2D eigenvalue weighted by Gasteiger charge is -2.15. The van der Waals surface area contributed by atoms with Gasteiger partial charge in [-0.25, -0.2) is 4.79 Å². The standard InChI is InChI=1S/C5H9NO3/c1-2-5(8)3-9-4(7)6-5/h8H,2-3H2,1H3,(H,6,7). The van der Waals surface area contributed by atoms with E-state index in [1.54, 1.807) is 6.92 Å². The van der Waals surface area contributed by atoms with Crippen LogP contribution in [-0.4, -0.2) is 23.5 Å². The molecule has 0 bridgehead atoms. The molecule has 1 saturated heterocycles. The molecule has 52 valence electrons. The number of carbonyl (C=O) groups is 1. The van der Waals surface area contributed by atoms with E-state index in [9.17, 15) is 9.90 Å². The van der Waals surface area contributed by atoms with Gasteiger partial charge in [-0.1, -0.05) is 6.92 Å². The van der Waals surface area contributed by atoms with Crippen molar-refractivity contribution in [3.63, 3.8) is 0 Å². The largest absolute Gasteiger partial charge is 0.444 e. The molecule has 0 aromatic carbocycles. The lowest BCUT2D eigenvalue weighted by Crippen LogP contribution is -2.42. The molecule has 1 fully saturated rings. The van der Waals surface area contributed by atoms with Gasteiger partial charge in [0.25, 0.3) is 0 Å². The van der Waals surface area contributed by atoms with E-state index in [2.05, 4.69) is 10.1 Å². The normalized spacial score (nSPS) is 33.8. The van der Waals surface area contributed by atoms with Crippen molar-refractivity contribution in [2.24, 2.45) is 0 Å². The number of ether oxygens (including phenoxy) is 1. The van der Waals surface area contributed by atoms with Gasteiger partial charge < -0.3 is 9.84 Å². The van der Waals surface area contributed by atoms with E-state index in [0.717, 1.165) is 0 Å². The molecule has 0 aliphatic carbocycles. The maximum absolute atomic E-state index is 10.3. The predicted molar refractivity (Wildman–Crippen MR) is 29.7 cm³/mol. The Kier molecular flexibility index (Phi) is 1.32. The van der Waals surface area contributed by atoms with Gasteiger partial charge >= 0.3 is 6.09 Å². The first-order valence-corrected chi connectivity index (χ1v) is 2.83. The molecule has 1 amide bonds. The van der Waals surface area contributed by atoms with Crippen molar-refractivity contribution < 1.29 is 14.6 Å². The lowest BCUT2D eigenvalue weighted by atomic mass is 10.2. The Morgan fingerprint density at radius 2 is 2.67 bits per heavy atom. The third-order valence-corrected chi connectivity index (χ3v) is 1.36. The quantitative estimate of drug-likeness (QED) is 0.519. The van der Waals surface area contributed by atoms with Gasteiger partial charge in [0.2, 0.25) is 0 Å². The monoisotopic (exact) mass is 131 g/mol. The van der Waals surface area contributed by atoms with Gasteiger partial charge in [-0.15, -0.1) is 0 Å². The molecule has 1 atom stereocenters. The summed E-state index contributed by atoms with van der Waals surface area (Å²) in [5.74, 6) is 0. The van der Waals surface area contributed by atoms with Crippen LogP contribution < -0.4 is 5.32 Å². The van der Waals surface area contributed by atoms with E-state index in [1.807, 2.05) is 0 Å². The molecule has 1 rings (SSSR count). The van der Waals surface area contributed by atoms with Crippen LogP contribution >= 0.6 is 0 Å². The zero-order valence-corrected chi connectivity index (χ0v) is 5.18. The lowest BCUT2D eigenvalue weighted by molar-refractivity contribution is 0.0106. The average Bonchev–Trinajstić information content (AvgIpc) is 2.13. The molecule has 1 unspecified atom stereocenters. The third-order valence-electron chi connectivity index (χ3n) is 1.36. The van der Waals surface area contributed by atoms with Crippen molar-refractivity contribution >= 4 is 6.09 Å². The molecular weight excluding hydrogens is 122 g/mol. The molecule has 4 nitrogen and oxygen atoms in total. The Balaban J connectivity index is 2.54. The van der Waals surface area contributed by atoms with E-state index in [4.69, 9.17) is 0 Å². The molecule has 0 spiro atoms. The fourth-order valence-electron chi connectivity index (χ4n) is 0.638. The second-order valence-corrected chi connectivity index (χ2v) is 2.09. The number of aliphatic hydroxyl groups is 1. The third kappa shape index (κ3) is 1.13. The van der Waals surface area contributed by atoms with Crippen LogP contribution in [0.15, 0.2) is 0 Å². The smallest absolute Gasteiger partial charge is 0.409 e. The van der Waals surface area contributed by atoms with Crippen LogP contribution in [0.4, 0.5) is 4.79 Å². The van der Waals surface area contributed by atoms with Crippen molar-refractivity contribution in [2.45, 2.75) is 19.1 Å². The minimum Gasteiger partial charge on any atom is -0.444 e. The number of cyclic esters (lactones) is 1. The van der Waals surface area contributed by atoms with Crippen LogP contribution in [0.5, 0.6) is 0 Å². The van der Waals surface area contributed by atoms with Gasteiger partial charge in [0, 0.05) is 0 Å². The molecule has 2 N–H and O–H groups in total. The maximum atomic E-state index is 10.3. The van der Waals surface area contributed by atoms with Crippen LogP contribution in [0.1, 0.15) is 13.3 Å². The Hall–Kier alpha value is -0.770. The molecule has 1 aliphatic heterocycles. The summed E-state index contributed by atoms with van der Waals surface area (Å²) in [7, 11) is 0. The topological polar surface area (TPSA) is 58.6 Å². The molecule has 4 heteroatoms. The SMILES string of the molecule is CCC1(O)COC(=O)N1. The van der Waals surface area contributed by atoms with E-state index in [1.165, 1.54) is 0 Å². The fraction of sp³-hybridized carbons (Fsp3) is 0.800. The summed E-state index contributed by atoms with van der Waals surface area (Å²) in [4.78, 5) is 10.3. The first-order valence-electron chi connectivity index (χ1n) is 2.83. The molecule has 0 radical (unpaired) electrons. The molecule has 0 aromatic rings. The van der Waals surface area contributed by atoms with Gasteiger partial charge in [0.1, 0.15) is 6.61 Å². The van der Waals surface area contributed by atoms with Gasteiger partial charge in [-0.3, -0.25) is 5.32 Å². The first-order chi connectivity index (χ1) is 4.16. The van der Waals surface area contributed by atoms with Gasteiger partial charge in [-0.05, 0) is 6.42 Å². The van der Waals surface area contributed by atoms with E-state index in [0.29, 0.717) is 6.42 Å². The minimum atomic E-state index is -1.11. The summed E-state index contributed by atoms with van der Waals surface area (Å²) < 4.78 is 4.46. The van der Waals surface area contributed by atoms with Crippen LogP contribution in [0.25, 0.3) is 0 Å². The molecule has 0 saturated carbocycles. The molecule has 0 aromatic heterocycles. The van der Waals surface area contributed by atoms with Crippen molar-refractivity contribution in [1.29, 1.82) is 0 Å². The highest BCUT2D eigenvalue weighted by Crippen LogP contribution is 2.11. The Morgan fingerprint density at radius 1 is 2.00 bits per heavy atom. The van der Waals surface area contributed by atoms with Crippen LogP contribution in [0.2, 0.25) is 0 Å². The highest BCUT2D eigenvalue weighted by Gasteiger charge is 2.35. The van der Waals surface area contributed by atoms with Gasteiger partial charge in [0.05, 0.1) is 0 Å². The number of alkyl carbamates (subject to hydrolysis) is 1. The Labute approximate surface area is 52.8 Å². The zero-order valence-electron chi connectivity index (χ0n) is 5.18. The van der Waals surface area contributed by atoms with E-state index >= 15 is 0 Å². The van der Waals surface area contributed by atoms with Crippen molar-refractivity contribution in [3.05, 3.63) is 0 Å². The fourth-order valence-corrected chi connectivity index (χ4v) is 0.638. The minimum absolute atomic E-state index is 0.0579. The van der Waals surface area contributed by atoms with Gasteiger partial charge in [-0.2, -0.15) is 0 Å². The van der Waals surface area contributed by atoms with Crippen molar-refractivity contribution in [3.8, 4) is 0 Å². The van der Waals surface area contributed by atoms with Crippen molar-refractivity contribution in [1.82, 2.24) is 5.32 Å². The average molecular weight is 131 g/mol. The summed E-state index contributed by atoms with van der Waals surface area (Å²) in [6.45, 7) is 1.83. The van der Waals surface area contributed by atoms with Crippen LogP contribution in [0, 0.1) is 0 Å². The molecule has 1 aliphatic rings. The molecule has 9 heavy (non-hydrogen) atoms. The second-order valence-electron chi connectivity index (χ2n) is 2.09. The van der Waals surface area contributed by atoms with Gasteiger partial charge in [0.15, 0.2) is 5.72 Å². The highest BCUT2D eigenvalue weighted by atomic mass is 16.6. The summed E-state index contributed by atoms with van der Waals surface area (Å²) in [6, 6.07) is 0. The van der Waals surface area contributed by atoms with E-state index in [-0.39, 0.29) is 6.61 Å². The summed E-state index contributed by atoms with van der Waals surface area (Å²) >= 11 is 0. The van der Waals surface area contributed by atoms with Crippen LogP contribution in [0.3, 0.4) is 0 Å². The van der Waals surface area contributed by atoms with Crippen LogP contribution in [-0.2, 0) is 4.74 Å². The predicted octanol–water partition coefficient (Wildman–Crippen LogP) is -0.175. The first kappa shape index (κ1) is 6.35. The number of amides is 1. The number of hydrogen-bond acceptors (Lipinski definition) is 3. The molecular formula is C5H9NO3. The second kappa shape index (κ2) is 1.88.